The van der Waals surface area contributed by atoms with E-state index in [9.17, 15) is 13.6 Å². The van der Waals surface area contributed by atoms with Gasteiger partial charge < -0.3 is 4.90 Å². The zero-order valence-corrected chi connectivity index (χ0v) is 12.7. The number of halogens is 2. The Morgan fingerprint density at radius 1 is 1.35 bits per heavy atom. The fourth-order valence-electron chi connectivity index (χ4n) is 2.94. The molecule has 1 aliphatic heterocycles. The highest BCUT2D eigenvalue weighted by atomic mass is 19.1. The lowest BCUT2D eigenvalue weighted by atomic mass is 10.0. The molecule has 1 fully saturated rings. The van der Waals surface area contributed by atoms with Crippen molar-refractivity contribution in [2.24, 2.45) is 0 Å². The van der Waals surface area contributed by atoms with Crippen molar-refractivity contribution in [3.8, 4) is 0 Å². The molecule has 1 saturated heterocycles. The second-order valence-corrected chi connectivity index (χ2v) is 5.75. The third kappa shape index (κ3) is 3.72. The number of amides is 1. The Kier molecular flexibility index (Phi) is 4.64. The Balaban J connectivity index is 1.58. The second kappa shape index (κ2) is 6.85. The van der Waals surface area contributed by atoms with Gasteiger partial charge in [0.05, 0.1) is 6.04 Å². The SMILES string of the molecule is O=C(CCc1cc(F)ccc1F)N1CCCC(n2cncn2)C1. The van der Waals surface area contributed by atoms with Crippen LogP contribution in [-0.4, -0.2) is 38.7 Å². The highest BCUT2D eigenvalue weighted by molar-refractivity contribution is 5.76. The van der Waals surface area contributed by atoms with Crippen molar-refractivity contribution in [2.75, 3.05) is 13.1 Å². The van der Waals surface area contributed by atoms with Crippen molar-refractivity contribution in [2.45, 2.75) is 31.7 Å². The van der Waals surface area contributed by atoms with Crippen molar-refractivity contribution in [3.05, 3.63) is 48.1 Å². The van der Waals surface area contributed by atoms with Gasteiger partial charge in [0, 0.05) is 19.5 Å². The first kappa shape index (κ1) is 15.6. The third-order valence-electron chi connectivity index (χ3n) is 4.18. The molecule has 1 unspecified atom stereocenters. The topological polar surface area (TPSA) is 51.0 Å². The van der Waals surface area contributed by atoms with E-state index < -0.39 is 11.6 Å². The van der Waals surface area contributed by atoms with Crippen LogP contribution in [0.25, 0.3) is 0 Å². The van der Waals surface area contributed by atoms with Gasteiger partial charge in [-0.15, -0.1) is 0 Å². The summed E-state index contributed by atoms with van der Waals surface area (Å²) in [6, 6.07) is 3.45. The van der Waals surface area contributed by atoms with Gasteiger partial charge in [0.2, 0.25) is 5.91 Å². The van der Waals surface area contributed by atoms with Gasteiger partial charge in [-0.3, -0.25) is 4.79 Å². The van der Waals surface area contributed by atoms with Crippen LogP contribution >= 0.6 is 0 Å². The summed E-state index contributed by atoms with van der Waals surface area (Å²) in [5.74, 6) is -1.00. The third-order valence-corrected chi connectivity index (χ3v) is 4.18. The van der Waals surface area contributed by atoms with Crippen LogP contribution in [0.5, 0.6) is 0 Å². The largest absolute Gasteiger partial charge is 0.341 e. The molecule has 1 atom stereocenters. The minimum absolute atomic E-state index is 0.0431. The molecule has 0 spiro atoms. The molecular formula is C16H18F2N4O. The predicted molar refractivity (Wildman–Crippen MR) is 79.6 cm³/mol. The molecule has 122 valence electrons. The number of aryl methyl sites for hydroxylation is 1. The molecule has 23 heavy (non-hydrogen) atoms. The number of carbonyl (C=O) groups excluding carboxylic acids is 1. The quantitative estimate of drug-likeness (QED) is 0.869. The number of piperidine rings is 1. The monoisotopic (exact) mass is 320 g/mol. The molecule has 7 heteroatoms. The van der Waals surface area contributed by atoms with Crippen molar-refractivity contribution >= 4 is 5.91 Å². The number of hydrogen-bond donors (Lipinski definition) is 0. The number of rotatable bonds is 4. The first-order valence-corrected chi connectivity index (χ1v) is 7.69. The Labute approximate surface area is 132 Å². The van der Waals surface area contributed by atoms with Gasteiger partial charge in [-0.05, 0) is 43.0 Å². The molecule has 0 radical (unpaired) electrons. The van der Waals surface area contributed by atoms with Crippen LogP contribution in [0.2, 0.25) is 0 Å². The summed E-state index contributed by atoms with van der Waals surface area (Å²) in [5, 5.41) is 4.12. The molecule has 2 heterocycles. The van der Waals surface area contributed by atoms with E-state index in [1.54, 1.807) is 15.9 Å². The van der Waals surface area contributed by atoms with E-state index in [4.69, 9.17) is 0 Å². The Morgan fingerprint density at radius 3 is 3.00 bits per heavy atom. The van der Waals surface area contributed by atoms with E-state index in [0.29, 0.717) is 13.1 Å². The van der Waals surface area contributed by atoms with Crippen LogP contribution in [-0.2, 0) is 11.2 Å². The zero-order valence-electron chi connectivity index (χ0n) is 12.7. The summed E-state index contributed by atoms with van der Waals surface area (Å²) in [4.78, 5) is 18.1. The van der Waals surface area contributed by atoms with E-state index in [1.807, 2.05) is 0 Å². The molecular weight excluding hydrogens is 302 g/mol. The van der Waals surface area contributed by atoms with Gasteiger partial charge in [0.1, 0.15) is 24.3 Å². The van der Waals surface area contributed by atoms with E-state index in [1.165, 1.54) is 6.33 Å². The molecule has 0 N–H and O–H groups in total. The lowest BCUT2D eigenvalue weighted by Crippen LogP contribution is -2.41. The summed E-state index contributed by atoms with van der Waals surface area (Å²) in [6.45, 7) is 1.27. The molecule has 0 saturated carbocycles. The number of hydrogen-bond acceptors (Lipinski definition) is 3. The van der Waals surface area contributed by atoms with Crippen molar-refractivity contribution in [3.63, 3.8) is 0 Å². The summed E-state index contributed by atoms with van der Waals surface area (Å²) in [5.41, 5.74) is 0.239. The summed E-state index contributed by atoms with van der Waals surface area (Å²) < 4.78 is 28.5. The maximum atomic E-state index is 13.6. The standard InChI is InChI=1S/C16H18F2N4O/c17-13-4-5-15(18)12(8-13)3-6-16(23)21-7-1-2-14(9-21)22-11-19-10-20-22/h4-5,8,10-11,14H,1-3,6-7,9H2. The molecule has 0 aliphatic carbocycles. The average molecular weight is 320 g/mol. The minimum Gasteiger partial charge on any atom is -0.341 e. The van der Waals surface area contributed by atoms with Crippen LogP contribution in [0.3, 0.4) is 0 Å². The molecule has 3 rings (SSSR count). The van der Waals surface area contributed by atoms with Crippen molar-refractivity contribution in [1.82, 2.24) is 19.7 Å². The first-order chi connectivity index (χ1) is 11.1. The maximum absolute atomic E-state index is 13.6. The summed E-state index contributed by atoms with van der Waals surface area (Å²) in [7, 11) is 0. The van der Waals surface area contributed by atoms with Crippen LogP contribution in [0.1, 0.15) is 30.9 Å². The minimum atomic E-state index is -0.488. The van der Waals surface area contributed by atoms with Crippen LogP contribution in [0, 0.1) is 11.6 Å². The van der Waals surface area contributed by atoms with E-state index >= 15 is 0 Å². The van der Waals surface area contributed by atoms with E-state index in [2.05, 4.69) is 10.1 Å². The second-order valence-electron chi connectivity index (χ2n) is 5.75. The Morgan fingerprint density at radius 2 is 2.22 bits per heavy atom. The lowest BCUT2D eigenvalue weighted by molar-refractivity contribution is -0.132. The average Bonchev–Trinajstić information content (AvgIpc) is 3.10. The van der Waals surface area contributed by atoms with Crippen LogP contribution in [0.15, 0.2) is 30.9 Å². The Bertz CT molecular complexity index is 675. The number of aromatic nitrogens is 3. The fourth-order valence-corrected chi connectivity index (χ4v) is 2.94. The number of carbonyl (C=O) groups is 1. The van der Waals surface area contributed by atoms with Crippen LogP contribution in [0.4, 0.5) is 8.78 Å². The molecule has 1 aromatic heterocycles. The van der Waals surface area contributed by atoms with Gasteiger partial charge in [0.25, 0.3) is 0 Å². The first-order valence-electron chi connectivity index (χ1n) is 7.69. The molecule has 1 aliphatic rings. The predicted octanol–water partition coefficient (Wildman–Crippen LogP) is 2.35. The van der Waals surface area contributed by atoms with E-state index in [0.717, 1.165) is 31.0 Å². The van der Waals surface area contributed by atoms with Gasteiger partial charge in [-0.1, -0.05) is 0 Å². The molecule has 1 aromatic carbocycles. The highest BCUT2D eigenvalue weighted by Gasteiger charge is 2.25. The fraction of sp³-hybridized carbons (Fsp3) is 0.438. The molecule has 2 aromatic rings. The Hall–Kier alpha value is -2.31. The number of nitrogens with zero attached hydrogens (tertiary/aromatic N) is 4. The maximum Gasteiger partial charge on any atom is 0.222 e. The summed E-state index contributed by atoms with van der Waals surface area (Å²) in [6.07, 6.45) is 5.35. The van der Waals surface area contributed by atoms with Crippen molar-refractivity contribution in [1.29, 1.82) is 0 Å². The molecule has 1 amide bonds. The smallest absolute Gasteiger partial charge is 0.222 e. The van der Waals surface area contributed by atoms with Gasteiger partial charge in [0.15, 0.2) is 0 Å². The van der Waals surface area contributed by atoms with Gasteiger partial charge >= 0.3 is 0 Å². The van der Waals surface area contributed by atoms with Gasteiger partial charge in [-0.25, -0.2) is 18.4 Å². The lowest BCUT2D eigenvalue weighted by Gasteiger charge is -2.32. The zero-order chi connectivity index (χ0) is 16.2. The number of likely N-dealkylation sites (tertiary alicyclic amines) is 1. The van der Waals surface area contributed by atoms with Crippen LogP contribution < -0.4 is 0 Å². The van der Waals surface area contributed by atoms with Gasteiger partial charge in [-0.2, -0.15) is 5.10 Å². The summed E-state index contributed by atoms with van der Waals surface area (Å²) >= 11 is 0. The normalized spacial score (nSPS) is 18.2. The van der Waals surface area contributed by atoms with Crippen molar-refractivity contribution < 1.29 is 13.6 Å². The molecule has 5 nitrogen and oxygen atoms in total. The van der Waals surface area contributed by atoms with E-state index in [-0.39, 0.29) is 30.4 Å². The number of benzene rings is 1. The molecule has 0 bridgehead atoms. The highest BCUT2D eigenvalue weighted by Crippen LogP contribution is 2.21.